The summed E-state index contributed by atoms with van der Waals surface area (Å²) in [5, 5.41) is 2.71. The van der Waals surface area contributed by atoms with E-state index in [1.165, 1.54) is 23.4 Å². The molecule has 9 heteroatoms. The van der Waals surface area contributed by atoms with Crippen molar-refractivity contribution >= 4 is 17.4 Å². The number of carbonyl (C=O) groups is 1. The van der Waals surface area contributed by atoms with Crippen molar-refractivity contribution in [3.63, 3.8) is 0 Å². The second-order valence-corrected chi connectivity index (χ2v) is 7.86. The predicted molar refractivity (Wildman–Crippen MR) is 108 cm³/mol. The lowest BCUT2D eigenvalue weighted by Gasteiger charge is -2.22. The maximum atomic E-state index is 14.6. The number of carbonyl (C=O) groups excluding carboxylic acids is 1. The van der Waals surface area contributed by atoms with Crippen LogP contribution in [0.3, 0.4) is 0 Å². The van der Waals surface area contributed by atoms with Crippen molar-refractivity contribution in [1.29, 1.82) is 0 Å². The summed E-state index contributed by atoms with van der Waals surface area (Å²) in [6, 6.07) is 7.61. The highest BCUT2D eigenvalue weighted by atomic mass is 19.3. The van der Waals surface area contributed by atoms with Gasteiger partial charge in [-0.3, -0.25) is 4.79 Å². The molecule has 0 bridgehead atoms. The quantitative estimate of drug-likeness (QED) is 0.629. The zero-order chi connectivity index (χ0) is 21.6. The summed E-state index contributed by atoms with van der Waals surface area (Å²) in [5.74, 6) is -3.06. The first-order valence-electron chi connectivity index (χ1n) is 10.0. The fraction of sp³-hybridized carbons (Fsp3) is 0.318. The third-order valence-corrected chi connectivity index (χ3v) is 5.48. The number of nitrogens with zero attached hydrogens (tertiary/aromatic N) is 3. The second-order valence-electron chi connectivity index (χ2n) is 7.86. The Morgan fingerprint density at radius 2 is 1.97 bits per heavy atom. The van der Waals surface area contributed by atoms with Crippen molar-refractivity contribution < 1.29 is 22.4 Å². The van der Waals surface area contributed by atoms with Crippen molar-refractivity contribution in [3.05, 3.63) is 60.2 Å². The number of anilines is 2. The molecule has 5 rings (SSSR count). The standard InChI is InChI=1S/C22H19F3N4O2/c23-16-4-2-1-3-14(16)15-7-9-26-19(29-10-8-22(24,25)12-29)18(15)28-20(30)17-11-27-21(31-17)13-5-6-13/h1-4,7,9,11,13H,5-6,8,10,12H2,(H,28,30). The molecule has 1 N–H and O–H groups in total. The maximum absolute atomic E-state index is 14.6. The summed E-state index contributed by atoms with van der Waals surface area (Å²) in [7, 11) is 0. The lowest BCUT2D eigenvalue weighted by molar-refractivity contribution is 0.0257. The fourth-order valence-corrected chi connectivity index (χ4v) is 3.72. The minimum atomic E-state index is -2.86. The smallest absolute Gasteiger partial charge is 0.293 e. The molecule has 2 aromatic heterocycles. The van der Waals surface area contributed by atoms with E-state index in [0.717, 1.165) is 12.8 Å². The van der Waals surface area contributed by atoms with E-state index in [1.807, 2.05) is 0 Å². The number of hydrogen-bond donors (Lipinski definition) is 1. The maximum Gasteiger partial charge on any atom is 0.293 e. The van der Waals surface area contributed by atoms with Gasteiger partial charge in [0.2, 0.25) is 5.76 Å². The number of halogens is 3. The van der Waals surface area contributed by atoms with E-state index < -0.39 is 24.2 Å². The van der Waals surface area contributed by atoms with E-state index in [2.05, 4.69) is 15.3 Å². The predicted octanol–water partition coefficient (Wildman–Crippen LogP) is 4.85. The van der Waals surface area contributed by atoms with Gasteiger partial charge in [0.05, 0.1) is 18.4 Å². The number of amides is 1. The highest BCUT2D eigenvalue weighted by molar-refractivity contribution is 6.06. The molecule has 1 aromatic carbocycles. The van der Waals surface area contributed by atoms with E-state index in [4.69, 9.17) is 4.42 Å². The molecule has 0 atom stereocenters. The number of pyridine rings is 1. The molecule has 0 radical (unpaired) electrons. The summed E-state index contributed by atoms with van der Waals surface area (Å²) in [6.45, 7) is -0.463. The largest absolute Gasteiger partial charge is 0.435 e. The second kappa shape index (κ2) is 7.40. The summed E-state index contributed by atoms with van der Waals surface area (Å²) < 4.78 is 47.9. The number of nitrogens with one attached hydrogen (secondary N) is 1. The molecule has 1 aliphatic heterocycles. The van der Waals surface area contributed by atoms with Gasteiger partial charge in [-0.25, -0.2) is 23.1 Å². The highest BCUT2D eigenvalue weighted by Gasteiger charge is 2.40. The van der Waals surface area contributed by atoms with E-state index >= 15 is 0 Å². The third-order valence-electron chi connectivity index (χ3n) is 5.48. The topological polar surface area (TPSA) is 71.3 Å². The molecular formula is C22H19F3N4O2. The van der Waals surface area contributed by atoms with Crippen LogP contribution in [0.2, 0.25) is 0 Å². The molecule has 3 heterocycles. The molecule has 2 aliphatic rings. The number of oxazole rings is 1. The van der Waals surface area contributed by atoms with E-state index in [0.29, 0.717) is 11.5 Å². The lowest BCUT2D eigenvalue weighted by Crippen LogP contribution is -2.27. The molecule has 2 fully saturated rings. The van der Waals surface area contributed by atoms with Crippen molar-refractivity contribution in [2.75, 3.05) is 23.3 Å². The first-order valence-corrected chi connectivity index (χ1v) is 10.0. The molecule has 6 nitrogen and oxygen atoms in total. The van der Waals surface area contributed by atoms with Gasteiger partial charge >= 0.3 is 0 Å². The number of hydrogen-bond acceptors (Lipinski definition) is 5. The minimum Gasteiger partial charge on any atom is -0.435 e. The Morgan fingerprint density at radius 3 is 2.68 bits per heavy atom. The van der Waals surface area contributed by atoms with Crippen LogP contribution in [0.1, 0.15) is 41.6 Å². The molecule has 0 unspecified atom stereocenters. The van der Waals surface area contributed by atoms with Gasteiger partial charge in [0, 0.05) is 36.2 Å². The van der Waals surface area contributed by atoms with Crippen molar-refractivity contribution in [2.45, 2.75) is 31.1 Å². The van der Waals surface area contributed by atoms with Gasteiger partial charge in [-0.05, 0) is 25.0 Å². The van der Waals surface area contributed by atoms with E-state index in [1.54, 1.807) is 24.3 Å². The van der Waals surface area contributed by atoms with Crippen LogP contribution in [0.25, 0.3) is 11.1 Å². The number of benzene rings is 1. The molecular weight excluding hydrogens is 409 g/mol. The van der Waals surface area contributed by atoms with Crippen LogP contribution in [0, 0.1) is 5.82 Å². The van der Waals surface area contributed by atoms with E-state index in [-0.39, 0.29) is 41.7 Å². The van der Waals surface area contributed by atoms with Gasteiger partial charge in [0.15, 0.2) is 11.7 Å². The molecule has 1 aliphatic carbocycles. The molecule has 160 valence electrons. The van der Waals surface area contributed by atoms with Gasteiger partial charge in [-0.2, -0.15) is 0 Å². The zero-order valence-corrected chi connectivity index (χ0v) is 16.4. The Kier molecular flexibility index (Phi) is 4.68. The van der Waals surface area contributed by atoms with Crippen LogP contribution < -0.4 is 10.2 Å². The van der Waals surface area contributed by atoms with Gasteiger partial charge < -0.3 is 14.6 Å². The van der Waals surface area contributed by atoms with Gasteiger partial charge in [-0.15, -0.1) is 0 Å². The minimum absolute atomic E-state index is 0.00272. The molecule has 31 heavy (non-hydrogen) atoms. The van der Waals surface area contributed by atoms with Crippen LogP contribution in [0.5, 0.6) is 0 Å². The molecule has 3 aromatic rings. The van der Waals surface area contributed by atoms with Crippen molar-refractivity contribution in [3.8, 4) is 11.1 Å². The van der Waals surface area contributed by atoms with Gasteiger partial charge in [0.25, 0.3) is 11.8 Å². The Bertz CT molecular complexity index is 1140. The van der Waals surface area contributed by atoms with Crippen LogP contribution in [0.4, 0.5) is 24.7 Å². The Labute approximate surface area is 176 Å². The normalized spacial score (nSPS) is 17.7. The van der Waals surface area contributed by atoms with Crippen molar-refractivity contribution in [2.24, 2.45) is 0 Å². The SMILES string of the molecule is O=C(Nc1c(-c2ccccc2F)ccnc1N1CCC(F)(F)C1)c1cnc(C2CC2)o1. The first-order chi connectivity index (χ1) is 14.9. The Morgan fingerprint density at radius 1 is 1.16 bits per heavy atom. The van der Waals surface area contributed by atoms with Crippen LogP contribution in [-0.4, -0.2) is 34.9 Å². The van der Waals surface area contributed by atoms with Crippen LogP contribution in [-0.2, 0) is 0 Å². The first kappa shape index (κ1) is 19.6. The summed E-state index contributed by atoms with van der Waals surface area (Å²) in [4.78, 5) is 22.7. The summed E-state index contributed by atoms with van der Waals surface area (Å²) >= 11 is 0. The van der Waals surface area contributed by atoms with E-state index in [9.17, 15) is 18.0 Å². The summed E-state index contributed by atoms with van der Waals surface area (Å²) in [6.07, 6.45) is 4.37. The molecule has 1 saturated carbocycles. The fourth-order valence-electron chi connectivity index (χ4n) is 3.72. The monoisotopic (exact) mass is 428 g/mol. The molecule has 1 amide bonds. The highest BCUT2D eigenvalue weighted by Crippen LogP contribution is 2.41. The summed E-state index contributed by atoms with van der Waals surface area (Å²) in [5.41, 5.74) is 0.719. The average molecular weight is 428 g/mol. The third kappa shape index (κ3) is 3.87. The van der Waals surface area contributed by atoms with Crippen LogP contribution in [0.15, 0.2) is 47.1 Å². The number of alkyl halides is 2. The van der Waals surface area contributed by atoms with Crippen LogP contribution >= 0.6 is 0 Å². The number of aromatic nitrogens is 2. The average Bonchev–Trinajstić information content (AvgIpc) is 3.36. The van der Waals surface area contributed by atoms with Gasteiger partial charge in [0.1, 0.15) is 5.82 Å². The van der Waals surface area contributed by atoms with Gasteiger partial charge in [-0.1, -0.05) is 18.2 Å². The molecule has 1 saturated heterocycles. The molecule has 0 spiro atoms. The zero-order valence-electron chi connectivity index (χ0n) is 16.4. The number of rotatable bonds is 5. The van der Waals surface area contributed by atoms with Crippen molar-refractivity contribution in [1.82, 2.24) is 9.97 Å². The lowest BCUT2D eigenvalue weighted by atomic mass is 10.0. The Hall–Kier alpha value is -3.36. The Balaban J connectivity index is 1.55.